The monoisotopic (exact) mass is 341 g/mol. The summed E-state index contributed by atoms with van der Waals surface area (Å²) in [4.78, 5) is 22.5. The van der Waals surface area contributed by atoms with Crippen LogP contribution >= 0.6 is 11.6 Å². The number of hydrogen-bond acceptors (Lipinski definition) is 5. The minimum atomic E-state index is -0.316. The molecule has 0 saturated carbocycles. The van der Waals surface area contributed by atoms with Crippen LogP contribution in [0.15, 0.2) is 59.9 Å². The van der Waals surface area contributed by atoms with Gasteiger partial charge < -0.3 is 4.90 Å². The number of anilines is 1. The summed E-state index contributed by atoms with van der Waals surface area (Å²) in [5.74, 6) is 0. The van der Waals surface area contributed by atoms with Crippen molar-refractivity contribution in [1.82, 2.24) is 19.7 Å². The first kappa shape index (κ1) is 16.1. The third kappa shape index (κ3) is 3.60. The zero-order valence-electron chi connectivity index (χ0n) is 13.1. The lowest BCUT2D eigenvalue weighted by Gasteiger charge is -2.19. The van der Waals surface area contributed by atoms with Gasteiger partial charge in [0, 0.05) is 19.4 Å². The lowest BCUT2D eigenvalue weighted by molar-refractivity contribution is 0.637. The molecule has 3 aromatic rings. The molecule has 24 heavy (non-hydrogen) atoms. The molecule has 0 fully saturated rings. The number of nitrogens with zero attached hydrogens (tertiary/aromatic N) is 5. The fourth-order valence-electron chi connectivity index (χ4n) is 2.33. The van der Waals surface area contributed by atoms with E-state index in [0.717, 1.165) is 11.3 Å². The SMILES string of the molecule is CN(Cc1cnccn1)c1cnn(Cc2ccccc2)c(=O)c1Cl. The standard InChI is InChI=1S/C17H16ClN5O/c1-22(12-14-9-19-7-8-20-14)15-10-21-23(17(24)16(15)18)11-13-5-3-2-4-6-13/h2-10H,11-12H2,1H3. The summed E-state index contributed by atoms with van der Waals surface area (Å²) in [5, 5.41) is 4.38. The van der Waals surface area contributed by atoms with Crippen LogP contribution in [0.25, 0.3) is 0 Å². The van der Waals surface area contributed by atoms with E-state index < -0.39 is 0 Å². The maximum absolute atomic E-state index is 12.5. The molecular weight excluding hydrogens is 326 g/mol. The van der Waals surface area contributed by atoms with Gasteiger partial charge in [0.2, 0.25) is 0 Å². The highest BCUT2D eigenvalue weighted by Crippen LogP contribution is 2.21. The van der Waals surface area contributed by atoms with Crippen molar-refractivity contribution in [3.8, 4) is 0 Å². The molecular formula is C17H16ClN5O. The van der Waals surface area contributed by atoms with Crippen LogP contribution < -0.4 is 10.5 Å². The smallest absolute Gasteiger partial charge is 0.287 e. The van der Waals surface area contributed by atoms with Crippen LogP contribution in [0.2, 0.25) is 5.02 Å². The highest BCUT2D eigenvalue weighted by Gasteiger charge is 2.14. The van der Waals surface area contributed by atoms with Gasteiger partial charge in [-0.25, -0.2) is 4.68 Å². The molecule has 122 valence electrons. The zero-order valence-corrected chi connectivity index (χ0v) is 13.9. The molecule has 0 spiro atoms. The van der Waals surface area contributed by atoms with Gasteiger partial charge in [0.15, 0.2) is 0 Å². The summed E-state index contributed by atoms with van der Waals surface area (Å²) in [6.45, 7) is 0.866. The highest BCUT2D eigenvalue weighted by molar-refractivity contribution is 6.33. The van der Waals surface area contributed by atoms with Gasteiger partial charge >= 0.3 is 0 Å². The first-order valence-corrected chi connectivity index (χ1v) is 7.78. The third-order valence-corrected chi connectivity index (χ3v) is 3.92. The molecule has 6 nitrogen and oxygen atoms in total. The van der Waals surface area contributed by atoms with Crippen LogP contribution in [0, 0.1) is 0 Å². The van der Waals surface area contributed by atoms with Crippen LogP contribution in [0.5, 0.6) is 0 Å². The molecule has 2 heterocycles. The molecule has 0 saturated heterocycles. The van der Waals surface area contributed by atoms with Gasteiger partial charge in [-0.1, -0.05) is 41.9 Å². The van der Waals surface area contributed by atoms with E-state index >= 15 is 0 Å². The third-order valence-electron chi connectivity index (χ3n) is 3.57. The first-order chi connectivity index (χ1) is 11.6. The maximum Gasteiger partial charge on any atom is 0.287 e. The van der Waals surface area contributed by atoms with E-state index in [2.05, 4.69) is 15.1 Å². The van der Waals surface area contributed by atoms with Gasteiger partial charge in [-0.3, -0.25) is 14.8 Å². The zero-order chi connectivity index (χ0) is 16.9. The van der Waals surface area contributed by atoms with E-state index in [9.17, 15) is 4.79 Å². The van der Waals surface area contributed by atoms with Crippen molar-refractivity contribution in [2.45, 2.75) is 13.1 Å². The van der Waals surface area contributed by atoms with Crippen LogP contribution in [0.4, 0.5) is 5.69 Å². The lowest BCUT2D eigenvalue weighted by Crippen LogP contribution is -2.27. The lowest BCUT2D eigenvalue weighted by atomic mass is 10.2. The second-order valence-corrected chi connectivity index (χ2v) is 5.72. The molecule has 0 bridgehead atoms. The van der Waals surface area contributed by atoms with Crippen molar-refractivity contribution in [3.63, 3.8) is 0 Å². The largest absolute Gasteiger partial charge is 0.366 e. The van der Waals surface area contributed by atoms with Crippen molar-refractivity contribution < 1.29 is 0 Å². The molecule has 0 unspecified atom stereocenters. The van der Waals surface area contributed by atoms with Crippen LogP contribution in [-0.2, 0) is 13.1 Å². The Labute approximate surface area is 144 Å². The number of hydrogen-bond donors (Lipinski definition) is 0. The Bertz CT molecular complexity index is 867. The summed E-state index contributed by atoms with van der Waals surface area (Å²) < 4.78 is 1.36. The molecule has 1 aromatic carbocycles. The van der Waals surface area contributed by atoms with E-state index in [1.54, 1.807) is 24.8 Å². The van der Waals surface area contributed by atoms with Crippen molar-refractivity contribution >= 4 is 17.3 Å². The average Bonchev–Trinajstić information content (AvgIpc) is 2.61. The van der Waals surface area contributed by atoms with Crippen LogP contribution in [0.3, 0.4) is 0 Å². The molecule has 7 heteroatoms. The normalized spacial score (nSPS) is 10.6. The summed E-state index contributed by atoms with van der Waals surface area (Å²) in [7, 11) is 1.83. The summed E-state index contributed by atoms with van der Waals surface area (Å²) in [6.07, 6.45) is 6.52. The molecule has 0 aliphatic heterocycles. The van der Waals surface area contributed by atoms with Gasteiger partial charge in [0.05, 0.1) is 36.9 Å². The minimum absolute atomic E-state index is 0.146. The fraction of sp³-hybridized carbons (Fsp3) is 0.176. The summed E-state index contributed by atoms with van der Waals surface area (Å²) in [5.41, 5.74) is 2.02. The summed E-state index contributed by atoms with van der Waals surface area (Å²) in [6, 6.07) is 9.65. The van der Waals surface area contributed by atoms with Crippen LogP contribution in [0.1, 0.15) is 11.3 Å². The van der Waals surface area contributed by atoms with E-state index in [-0.39, 0.29) is 10.6 Å². The molecule has 0 N–H and O–H groups in total. The number of benzene rings is 1. The first-order valence-electron chi connectivity index (χ1n) is 7.40. The Hall–Kier alpha value is -2.73. The molecule has 0 radical (unpaired) electrons. The van der Waals surface area contributed by atoms with Crippen molar-refractivity contribution in [1.29, 1.82) is 0 Å². The van der Waals surface area contributed by atoms with Gasteiger partial charge in [-0.05, 0) is 5.56 Å². The van der Waals surface area contributed by atoms with Gasteiger partial charge in [-0.2, -0.15) is 5.10 Å². The number of rotatable bonds is 5. The molecule has 0 amide bonds. The average molecular weight is 342 g/mol. The van der Waals surface area contributed by atoms with Crippen molar-refractivity contribution in [3.05, 3.63) is 81.8 Å². The van der Waals surface area contributed by atoms with Crippen LogP contribution in [-0.4, -0.2) is 26.8 Å². The Kier molecular flexibility index (Phi) is 4.86. The molecule has 2 aromatic heterocycles. The van der Waals surface area contributed by atoms with E-state index in [1.165, 1.54) is 4.68 Å². The Morgan fingerprint density at radius 2 is 1.96 bits per heavy atom. The second-order valence-electron chi connectivity index (χ2n) is 5.35. The highest BCUT2D eigenvalue weighted by atomic mass is 35.5. The van der Waals surface area contributed by atoms with E-state index in [4.69, 9.17) is 11.6 Å². The molecule has 3 rings (SSSR count). The Morgan fingerprint density at radius 3 is 2.67 bits per heavy atom. The predicted octanol–water partition coefficient (Wildman–Crippen LogP) is 2.37. The molecule has 0 aliphatic rings. The number of aromatic nitrogens is 4. The van der Waals surface area contributed by atoms with Gasteiger partial charge in [0.25, 0.3) is 5.56 Å². The predicted molar refractivity (Wildman–Crippen MR) is 93.2 cm³/mol. The number of halogens is 1. The van der Waals surface area contributed by atoms with E-state index in [1.807, 2.05) is 42.3 Å². The Balaban J connectivity index is 1.83. The maximum atomic E-state index is 12.5. The minimum Gasteiger partial charge on any atom is -0.366 e. The Morgan fingerprint density at radius 1 is 1.17 bits per heavy atom. The second kappa shape index (κ2) is 7.23. The quantitative estimate of drug-likeness (QED) is 0.713. The summed E-state index contributed by atoms with van der Waals surface area (Å²) >= 11 is 6.27. The van der Waals surface area contributed by atoms with Gasteiger partial charge in [-0.15, -0.1) is 0 Å². The molecule has 0 aliphatic carbocycles. The van der Waals surface area contributed by atoms with Gasteiger partial charge in [0.1, 0.15) is 5.02 Å². The van der Waals surface area contributed by atoms with E-state index in [0.29, 0.717) is 18.8 Å². The van der Waals surface area contributed by atoms with Crippen molar-refractivity contribution in [2.75, 3.05) is 11.9 Å². The topological polar surface area (TPSA) is 63.9 Å². The van der Waals surface area contributed by atoms with Crippen molar-refractivity contribution in [2.24, 2.45) is 0 Å². The molecule has 0 atom stereocenters. The fourth-order valence-corrected chi connectivity index (χ4v) is 2.62.